The Hall–Kier alpha value is -2.48. The number of nitrogens with one attached hydrogen (secondary N) is 2. The molecular weight excluding hydrogens is 292 g/mol. The van der Waals surface area contributed by atoms with E-state index in [-0.39, 0.29) is 6.61 Å². The maximum Gasteiger partial charge on any atom is 0.266 e. The van der Waals surface area contributed by atoms with Crippen molar-refractivity contribution in [2.45, 2.75) is 13.5 Å². The summed E-state index contributed by atoms with van der Waals surface area (Å²) in [5.74, 6) is 6.29. The second kappa shape index (κ2) is 6.52. The molecule has 0 saturated carbocycles. The lowest BCUT2D eigenvalue weighted by atomic mass is 10.0. The largest absolute Gasteiger partial charge is 0.392 e. The summed E-state index contributed by atoms with van der Waals surface area (Å²) in [5.41, 5.74) is 4.94. The standard InChI is InChI=1S/C18H14N2OS/c1-13-20-18(12-22-13)7-4-15-8-17(10-19-9-15)16-5-2-14(11-21)3-6-16/h2-3,5-6,8-10,12,21H,11H2,1H3/p+2. The Labute approximate surface area is 133 Å². The Morgan fingerprint density at radius 2 is 1.91 bits per heavy atom. The van der Waals surface area contributed by atoms with Crippen LogP contribution in [0, 0.1) is 18.8 Å². The van der Waals surface area contributed by atoms with Crippen molar-refractivity contribution in [3.8, 4) is 23.0 Å². The van der Waals surface area contributed by atoms with Crippen LogP contribution in [0.15, 0.2) is 48.1 Å². The Balaban J connectivity index is 1.87. The number of pyridine rings is 1. The van der Waals surface area contributed by atoms with E-state index in [2.05, 4.69) is 27.9 Å². The minimum Gasteiger partial charge on any atom is -0.392 e. The number of aliphatic hydroxyl groups excluding tert-OH is 1. The van der Waals surface area contributed by atoms with Gasteiger partial charge in [0.2, 0.25) is 5.01 Å². The summed E-state index contributed by atoms with van der Waals surface area (Å²) in [6.45, 7) is 2.09. The zero-order valence-electron chi connectivity index (χ0n) is 12.2. The van der Waals surface area contributed by atoms with Gasteiger partial charge in [0.15, 0.2) is 12.4 Å². The van der Waals surface area contributed by atoms with Crippen LogP contribution < -0.4 is 9.97 Å². The molecule has 3 nitrogen and oxygen atoms in total. The summed E-state index contributed by atoms with van der Waals surface area (Å²) in [6.07, 6.45) is 3.83. The first-order valence-electron chi connectivity index (χ1n) is 6.95. The van der Waals surface area contributed by atoms with Gasteiger partial charge in [0.25, 0.3) is 5.69 Å². The highest BCUT2D eigenvalue weighted by Gasteiger charge is 2.04. The minimum absolute atomic E-state index is 0.0640. The molecule has 0 unspecified atom stereocenters. The lowest BCUT2D eigenvalue weighted by Crippen LogP contribution is -2.05. The molecule has 2 aromatic heterocycles. The molecule has 0 fully saturated rings. The fourth-order valence-corrected chi connectivity index (χ4v) is 2.69. The molecule has 0 bridgehead atoms. The van der Waals surface area contributed by atoms with Gasteiger partial charge in [-0.25, -0.2) is 4.98 Å². The maximum atomic E-state index is 9.10. The van der Waals surface area contributed by atoms with Crippen LogP contribution >= 0.6 is 11.3 Å². The van der Waals surface area contributed by atoms with Crippen LogP contribution in [0.25, 0.3) is 11.1 Å². The fourth-order valence-electron chi connectivity index (χ4n) is 2.11. The average Bonchev–Trinajstić information content (AvgIpc) is 2.99. The summed E-state index contributed by atoms with van der Waals surface area (Å²) in [6, 6.07) is 9.91. The van der Waals surface area contributed by atoms with E-state index in [1.54, 1.807) is 11.3 Å². The molecule has 0 aliphatic rings. The van der Waals surface area contributed by atoms with Crippen LogP contribution in [-0.4, -0.2) is 5.11 Å². The first-order valence-corrected chi connectivity index (χ1v) is 7.83. The van der Waals surface area contributed by atoms with Gasteiger partial charge in [0.1, 0.15) is 0 Å². The van der Waals surface area contributed by atoms with E-state index in [0.29, 0.717) is 0 Å². The molecule has 3 aromatic rings. The Morgan fingerprint density at radius 1 is 1.09 bits per heavy atom. The van der Waals surface area contributed by atoms with Crippen molar-refractivity contribution in [2.75, 3.05) is 0 Å². The smallest absolute Gasteiger partial charge is 0.266 e. The highest BCUT2D eigenvalue weighted by atomic mass is 32.1. The second-order valence-corrected chi connectivity index (χ2v) is 6.03. The van der Waals surface area contributed by atoms with Gasteiger partial charge in [0, 0.05) is 18.4 Å². The van der Waals surface area contributed by atoms with Gasteiger partial charge in [-0.05, 0) is 23.1 Å². The maximum absolute atomic E-state index is 9.10. The number of hydrogen-bond donors (Lipinski definition) is 1. The molecule has 4 heteroatoms. The zero-order valence-corrected chi connectivity index (χ0v) is 13.0. The summed E-state index contributed by atoms with van der Waals surface area (Å²) >= 11 is 1.66. The molecule has 3 rings (SSSR count). The van der Waals surface area contributed by atoms with E-state index in [9.17, 15) is 0 Å². The summed E-state index contributed by atoms with van der Waals surface area (Å²) in [7, 11) is 0. The molecule has 0 aliphatic carbocycles. The van der Waals surface area contributed by atoms with E-state index < -0.39 is 0 Å². The van der Waals surface area contributed by atoms with Crippen molar-refractivity contribution in [3.05, 3.63) is 69.9 Å². The van der Waals surface area contributed by atoms with Crippen molar-refractivity contribution < 1.29 is 15.1 Å². The van der Waals surface area contributed by atoms with E-state index in [1.165, 1.54) is 0 Å². The first kappa shape index (κ1) is 14.5. The molecule has 108 valence electrons. The van der Waals surface area contributed by atoms with Crippen molar-refractivity contribution in [1.29, 1.82) is 0 Å². The lowest BCUT2D eigenvalue weighted by molar-refractivity contribution is -0.383. The third kappa shape index (κ3) is 3.40. The summed E-state index contributed by atoms with van der Waals surface area (Å²) in [5, 5.41) is 12.3. The summed E-state index contributed by atoms with van der Waals surface area (Å²) in [4.78, 5) is 6.35. The van der Waals surface area contributed by atoms with Gasteiger partial charge in [-0.2, -0.15) is 4.98 Å². The van der Waals surface area contributed by atoms with Crippen LogP contribution in [0.4, 0.5) is 0 Å². The monoisotopic (exact) mass is 308 g/mol. The van der Waals surface area contributed by atoms with E-state index in [1.807, 2.05) is 49.0 Å². The van der Waals surface area contributed by atoms with Gasteiger partial charge < -0.3 is 5.11 Å². The van der Waals surface area contributed by atoms with Crippen LogP contribution in [-0.2, 0) is 6.61 Å². The van der Waals surface area contributed by atoms with Crippen molar-refractivity contribution >= 4 is 11.3 Å². The molecule has 3 N–H and O–H groups in total. The van der Waals surface area contributed by atoms with Crippen LogP contribution in [0.5, 0.6) is 0 Å². The molecule has 2 heterocycles. The molecule has 0 spiro atoms. The predicted molar refractivity (Wildman–Crippen MR) is 85.9 cm³/mol. The number of aromatic amines is 2. The van der Waals surface area contributed by atoms with Gasteiger partial charge in [-0.3, -0.25) is 0 Å². The highest BCUT2D eigenvalue weighted by Crippen LogP contribution is 2.19. The first-order chi connectivity index (χ1) is 10.7. The Morgan fingerprint density at radius 3 is 2.59 bits per heavy atom. The topological polar surface area (TPSA) is 48.5 Å². The molecule has 22 heavy (non-hydrogen) atoms. The summed E-state index contributed by atoms with van der Waals surface area (Å²) < 4.78 is 0. The Kier molecular flexibility index (Phi) is 4.29. The second-order valence-electron chi connectivity index (χ2n) is 4.95. The number of H-pyrrole nitrogens is 2. The van der Waals surface area contributed by atoms with Crippen LogP contribution in [0.2, 0.25) is 0 Å². The van der Waals surface area contributed by atoms with Crippen LogP contribution in [0.3, 0.4) is 0 Å². The van der Waals surface area contributed by atoms with E-state index >= 15 is 0 Å². The third-order valence-corrected chi connectivity index (χ3v) is 4.07. The minimum atomic E-state index is 0.0640. The fraction of sp³-hybridized carbons (Fsp3) is 0.111. The number of benzene rings is 1. The quantitative estimate of drug-likeness (QED) is 0.725. The third-order valence-electron chi connectivity index (χ3n) is 3.26. The molecule has 0 aliphatic heterocycles. The van der Waals surface area contributed by atoms with Crippen LogP contribution in [0.1, 0.15) is 21.8 Å². The number of thiazole rings is 1. The molecule has 0 saturated heterocycles. The van der Waals surface area contributed by atoms with Gasteiger partial charge in [-0.1, -0.05) is 35.6 Å². The molecule has 0 amide bonds. The van der Waals surface area contributed by atoms with Crippen molar-refractivity contribution in [2.24, 2.45) is 0 Å². The average molecular weight is 308 g/mol. The van der Waals surface area contributed by atoms with Gasteiger partial charge in [0.05, 0.1) is 17.6 Å². The molecular formula is C18H16N2OS+2. The number of aromatic nitrogens is 2. The number of aliphatic hydroxyl groups is 1. The molecule has 0 radical (unpaired) electrons. The molecule has 0 atom stereocenters. The van der Waals surface area contributed by atoms with E-state index in [0.717, 1.165) is 33.0 Å². The lowest BCUT2D eigenvalue weighted by Gasteiger charge is -2.00. The number of aryl methyl sites for hydroxylation is 1. The van der Waals surface area contributed by atoms with E-state index in [4.69, 9.17) is 5.11 Å². The zero-order chi connectivity index (χ0) is 15.4. The highest BCUT2D eigenvalue weighted by molar-refractivity contribution is 7.09. The van der Waals surface area contributed by atoms with Gasteiger partial charge >= 0.3 is 0 Å². The number of hydrogen-bond acceptors (Lipinski definition) is 2. The number of rotatable bonds is 2. The Bertz CT molecular complexity index is 841. The SMILES string of the molecule is Cc1[nH+]c(C#Cc2c[nH+]cc(-c3ccc(CO)cc3)c2)cs1. The van der Waals surface area contributed by atoms with Crippen molar-refractivity contribution in [1.82, 2.24) is 0 Å². The van der Waals surface area contributed by atoms with Crippen molar-refractivity contribution in [3.63, 3.8) is 0 Å². The van der Waals surface area contributed by atoms with Gasteiger partial charge in [-0.15, -0.1) is 0 Å². The molecule has 1 aromatic carbocycles. The predicted octanol–water partition coefficient (Wildman–Crippen LogP) is 2.24. The normalized spacial score (nSPS) is 10.1.